The zero-order valence-electron chi connectivity index (χ0n) is 9.19. The SMILES string of the molecule is CCn1cc(Br)cc1C(=O)N1CC[C@@H](O)C1. The predicted molar refractivity (Wildman–Crippen MR) is 64.3 cm³/mol. The second-order valence-corrected chi connectivity index (χ2v) is 4.94. The van der Waals surface area contributed by atoms with Crippen LogP contribution in [0.3, 0.4) is 0 Å². The van der Waals surface area contributed by atoms with Crippen LogP contribution in [-0.4, -0.2) is 39.7 Å². The summed E-state index contributed by atoms with van der Waals surface area (Å²) in [5.74, 6) is 0.00380. The maximum atomic E-state index is 12.2. The van der Waals surface area contributed by atoms with Crippen molar-refractivity contribution < 1.29 is 9.90 Å². The quantitative estimate of drug-likeness (QED) is 0.895. The number of hydrogen-bond donors (Lipinski definition) is 1. The lowest BCUT2D eigenvalue weighted by Gasteiger charge is -2.16. The number of rotatable bonds is 2. The molecule has 0 spiro atoms. The average molecular weight is 287 g/mol. The first-order valence-electron chi connectivity index (χ1n) is 5.45. The van der Waals surface area contributed by atoms with Crippen molar-refractivity contribution in [2.45, 2.75) is 26.0 Å². The minimum atomic E-state index is -0.363. The zero-order chi connectivity index (χ0) is 11.7. The van der Waals surface area contributed by atoms with E-state index in [9.17, 15) is 9.90 Å². The lowest BCUT2D eigenvalue weighted by atomic mass is 10.3. The number of nitrogens with zero attached hydrogens (tertiary/aromatic N) is 2. The molecular weight excluding hydrogens is 272 g/mol. The molecule has 4 nitrogen and oxygen atoms in total. The lowest BCUT2D eigenvalue weighted by molar-refractivity contribution is 0.0754. The van der Waals surface area contributed by atoms with Gasteiger partial charge in [0.15, 0.2) is 0 Å². The van der Waals surface area contributed by atoms with Crippen LogP contribution in [0.1, 0.15) is 23.8 Å². The van der Waals surface area contributed by atoms with Crippen molar-refractivity contribution in [3.63, 3.8) is 0 Å². The Morgan fingerprint density at radius 2 is 2.44 bits per heavy atom. The molecule has 0 aromatic carbocycles. The number of hydrogen-bond acceptors (Lipinski definition) is 2. The number of carbonyl (C=O) groups excluding carboxylic acids is 1. The Morgan fingerprint density at radius 1 is 1.69 bits per heavy atom. The summed E-state index contributed by atoms with van der Waals surface area (Å²) < 4.78 is 2.83. The van der Waals surface area contributed by atoms with E-state index in [2.05, 4.69) is 15.9 Å². The highest BCUT2D eigenvalue weighted by molar-refractivity contribution is 9.10. The molecule has 1 atom stereocenters. The van der Waals surface area contributed by atoms with Gasteiger partial charge in [0.05, 0.1) is 6.10 Å². The number of β-amino-alcohol motifs (C(OH)–C–C–N with tert-alkyl or cyclic N) is 1. The van der Waals surface area contributed by atoms with Gasteiger partial charge >= 0.3 is 0 Å². The summed E-state index contributed by atoms with van der Waals surface area (Å²) in [4.78, 5) is 13.9. The van der Waals surface area contributed by atoms with Crippen LogP contribution in [0.15, 0.2) is 16.7 Å². The van der Waals surface area contributed by atoms with Crippen LogP contribution in [0.2, 0.25) is 0 Å². The number of carbonyl (C=O) groups is 1. The molecule has 0 saturated carbocycles. The number of aliphatic hydroxyl groups is 1. The maximum absolute atomic E-state index is 12.2. The van der Waals surface area contributed by atoms with Crippen molar-refractivity contribution in [3.05, 3.63) is 22.4 Å². The summed E-state index contributed by atoms with van der Waals surface area (Å²) in [5, 5.41) is 9.42. The molecule has 0 unspecified atom stereocenters. The van der Waals surface area contributed by atoms with Gasteiger partial charge in [-0.3, -0.25) is 4.79 Å². The highest BCUT2D eigenvalue weighted by Crippen LogP contribution is 2.19. The van der Waals surface area contributed by atoms with Crippen LogP contribution >= 0.6 is 15.9 Å². The Kier molecular flexibility index (Phi) is 3.35. The van der Waals surface area contributed by atoms with E-state index in [0.717, 1.165) is 11.0 Å². The Labute approximate surface area is 103 Å². The van der Waals surface area contributed by atoms with Gasteiger partial charge in [-0.05, 0) is 35.3 Å². The van der Waals surface area contributed by atoms with Gasteiger partial charge < -0.3 is 14.6 Å². The molecule has 1 N–H and O–H groups in total. The molecule has 2 rings (SSSR count). The number of aromatic nitrogens is 1. The normalized spacial score (nSPS) is 20.4. The molecule has 16 heavy (non-hydrogen) atoms. The predicted octanol–water partition coefficient (Wildman–Crippen LogP) is 1.48. The van der Waals surface area contributed by atoms with Gasteiger partial charge in [0, 0.05) is 30.3 Å². The summed E-state index contributed by atoms with van der Waals surface area (Å²) >= 11 is 3.37. The zero-order valence-corrected chi connectivity index (χ0v) is 10.8. The molecule has 1 fully saturated rings. The van der Waals surface area contributed by atoms with E-state index in [0.29, 0.717) is 25.2 Å². The molecule has 88 valence electrons. The van der Waals surface area contributed by atoms with E-state index in [4.69, 9.17) is 0 Å². The number of amides is 1. The molecular formula is C11H15BrN2O2. The molecule has 1 aromatic heterocycles. The van der Waals surface area contributed by atoms with Crippen molar-refractivity contribution in [1.82, 2.24) is 9.47 Å². The topological polar surface area (TPSA) is 45.5 Å². The van der Waals surface area contributed by atoms with Crippen LogP contribution in [0, 0.1) is 0 Å². The van der Waals surface area contributed by atoms with Crippen molar-refractivity contribution in [3.8, 4) is 0 Å². The summed E-state index contributed by atoms with van der Waals surface area (Å²) in [6, 6.07) is 1.83. The molecule has 1 aliphatic rings. The van der Waals surface area contributed by atoms with Crippen molar-refractivity contribution in [2.75, 3.05) is 13.1 Å². The van der Waals surface area contributed by atoms with Crippen molar-refractivity contribution in [1.29, 1.82) is 0 Å². The fraction of sp³-hybridized carbons (Fsp3) is 0.545. The molecule has 0 bridgehead atoms. The van der Waals surface area contributed by atoms with Crippen LogP contribution < -0.4 is 0 Å². The van der Waals surface area contributed by atoms with Crippen molar-refractivity contribution in [2.24, 2.45) is 0 Å². The number of aliphatic hydroxyl groups excluding tert-OH is 1. The van der Waals surface area contributed by atoms with Crippen LogP contribution in [0.4, 0.5) is 0 Å². The first-order chi connectivity index (χ1) is 7.61. The maximum Gasteiger partial charge on any atom is 0.270 e. The van der Waals surface area contributed by atoms with Crippen LogP contribution in [0.5, 0.6) is 0 Å². The summed E-state index contributed by atoms with van der Waals surface area (Å²) in [6.45, 7) is 3.86. The van der Waals surface area contributed by atoms with E-state index in [1.165, 1.54) is 0 Å². The fourth-order valence-electron chi connectivity index (χ4n) is 2.00. The summed E-state index contributed by atoms with van der Waals surface area (Å²) in [6.07, 6.45) is 2.22. The van der Waals surface area contributed by atoms with Gasteiger partial charge in [0.2, 0.25) is 0 Å². The number of halogens is 1. The molecule has 1 aromatic rings. The molecule has 0 radical (unpaired) electrons. The fourth-order valence-corrected chi connectivity index (χ4v) is 2.47. The molecule has 1 saturated heterocycles. The Bertz CT molecular complexity index is 403. The monoisotopic (exact) mass is 286 g/mol. The number of likely N-dealkylation sites (tertiary alicyclic amines) is 1. The standard InChI is InChI=1S/C11H15BrN2O2/c1-2-13-6-8(12)5-10(13)11(16)14-4-3-9(15)7-14/h5-6,9,15H,2-4,7H2,1H3/t9-/m1/s1. The third-order valence-corrected chi connectivity index (χ3v) is 3.31. The first kappa shape index (κ1) is 11.7. The smallest absolute Gasteiger partial charge is 0.270 e. The average Bonchev–Trinajstić information content (AvgIpc) is 2.83. The highest BCUT2D eigenvalue weighted by atomic mass is 79.9. The van der Waals surface area contributed by atoms with E-state index >= 15 is 0 Å². The van der Waals surface area contributed by atoms with E-state index < -0.39 is 0 Å². The van der Waals surface area contributed by atoms with Gasteiger partial charge in [-0.1, -0.05) is 0 Å². The van der Waals surface area contributed by atoms with Gasteiger partial charge in [0.25, 0.3) is 5.91 Å². The first-order valence-corrected chi connectivity index (χ1v) is 6.24. The summed E-state index contributed by atoms with van der Waals surface area (Å²) in [5.41, 5.74) is 0.684. The molecule has 2 heterocycles. The van der Waals surface area contributed by atoms with Gasteiger partial charge in [-0.15, -0.1) is 0 Å². The van der Waals surface area contributed by atoms with Crippen molar-refractivity contribution >= 4 is 21.8 Å². The minimum Gasteiger partial charge on any atom is -0.391 e. The van der Waals surface area contributed by atoms with Gasteiger partial charge in [-0.25, -0.2) is 0 Å². The minimum absolute atomic E-state index is 0.00380. The largest absolute Gasteiger partial charge is 0.391 e. The van der Waals surface area contributed by atoms with Crippen LogP contribution in [-0.2, 0) is 6.54 Å². The van der Waals surface area contributed by atoms with Crippen LogP contribution in [0.25, 0.3) is 0 Å². The van der Waals surface area contributed by atoms with Gasteiger partial charge in [-0.2, -0.15) is 0 Å². The van der Waals surface area contributed by atoms with E-state index in [1.54, 1.807) is 4.90 Å². The third kappa shape index (κ3) is 2.15. The Hall–Kier alpha value is -0.810. The molecule has 5 heteroatoms. The van der Waals surface area contributed by atoms with Gasteiger partial charge in [0.1, 0.15) is 5.69 Å². The van der Waals surface area contributed by atoms with E-state index in [1.807, 2.05) is 23.8 Å². The lowest BCUT2D eigenvalue weighted by Crippen LogP contribution is -2.31. The Morgan fingerprint density at radius 3 is 3.00 bits per heavy atom. The molecule has 1 amide bonds. The molecule has 0 aliphatic carbocycles. The third-order valence-electron chi connectivity index (χ3n) is 2.87. The summed E-state index contributed by atoms with van der Waals surface area (Å²) in [7, 11) is 0. The second kappa shape index (κ2) is 4.59. The highest BCUT2D eigenvalue weighted by Gasteiger charge is 2.27. The second-order valence-electron chi connectivity index (χ2n) is 4.02. The Balaban J connectivity index is 2.20. The number of aryl methyl sites for hydroxylation is 1. The van der Waals surface area contributed by atoms with E-state index in [-0.39, 0.29) is 12.0 Å². The molecule has 1 aliphatic heterocycles.